The fourth-order valence-electron chi connectivity index (χ4n) is 4.12. The topological polar surface area (TPSA) is 94.2 Å². The summed E-state index contributed by atoms with van der Waals surface area (Å²) in [7, 11) is 1.54. The Morgan fingerprint density at radius 2 is 2.13 bits per heavy atom. The molecule has 1 amide bonds. The highest BCUT2D eigenvalue weighted by Gasteiger charge is 2.31. The number of likely N-dealkylation sites (tertiary alicyclic amines) is 1. The van der Waals surface area contributed by atoms with Crippen LogP contribution in [-0.2, 0) is 11.2 Å². The number of aromatic nitrogens is 4. The van der Waals surface area contributed by atoms with Crippen LogP contribution in [0.15, 0.2) is 35.2 Å². The van der Waals surface area contributed by atoms with Crippen LogP contribution in [0.25, 0.3) is 11.1 Å². The Balaban J connectivity index is 1.60. The van der Waals surface area contributed by atoms with Crippen molar-refractivity contribution in [2.45, 2.75) is 52.0 Å². The van der Waals surface area contributed by atoms with Crippen molar-refractivity contribution >= 4 is 5.91 Å². The van der Waals surface area contributed by atoms with Gasteiger partial charge in [-0.1, -0.05) is 0 Å². The van der Waals surface area contributed by atoms with Crippen LogP contribution in [0.1, 0.15) is 54.6 Å². The molecule has 1 fully saturated rings. The van der Waals surface area contributed by atoms with Gasteiger partial charge in [-0.2, -0.15) is 0 Å². The molecule has 0 saturated carbocycles. The van der Waals surface area contributed by atoms with Gasteiger partial charge >= 0.3 is 0 Å². The van der Waals surface area contributed by atoms with Crippen molar-refractivity contribution in [2.75, 3.05) is 13.7 Å². The van der Waals surface area contributed by atoms with Crippen LogP contribution in [0.3, 0.4) is 0 Å². The largest absolute Gasteiger partial charge is 0.479 e. The second-order valence-electron chi connectivity index (χ2n) is 7.84. The van der Waals surface area contributed by atoms with Crippen molar-refractivity contribution < 1.29 is 14.1 Å². The molecule has 0 bridgehead atoms. The molecule has 0 N–H and O–H groups in total. The van der Waals surface area contributed by atoms with Gasteiger partial charge in [0.15, 0.2) is 0 Å². The maximum absolute atomic E-state index is 13.2. The molecule has 0 aliphatic carbocycles. The molecule has 1 aliphatic heterocycles. The van der Waals surface area contributed by atoms with Crippen LogP contribution in [-0.4, -0.2) is 44.6 Å². The third-order valence-corrected chi connectivity index (χ3v) is 5.72. The molecule has 0 aromatic carbocycles. The van der Waals surface area contributed by atoms with Crippen LogP contribution in [0, 0.1) is 13.8 Å². The molecule has 8 heteroatoms. The zero-order valence-corrected chi connectivity index (χ0v) is 18.2. The summed E-state index contributed by atoms with van der Waals surface area (Å²) in [5.41, 5.74) is 3.99. The summed E-state index contributed by atoms with van der Waals surface area (Å²) in [6.07, 6.45) is 9.26. The molecule has 0 unspecified atom stereocenters. The highest BCUT2D eigenvalue weighted by Crippen LogP contribution is 2.36. The van der Waals surface area contributed by atoms with Gasteiger partial charge < -0.3 is 14.2 Å². The second kappa shape index (κ2) is 9.24. The zero-order valence-electron chi connectivity index (χ0n) is 18.2. The van der Waals surface area contributed by atoms with E-state index < -0.39 is 0 Å². The average Bonchev–Trinajstić information content (AvgIpc) is 3.26. The minimum absolute atomic E-state index is 0.0743. The van der Waals surface area contributed by atoms with Crippen molar-refractivity contribution in [1.29, 1.82) is 0 Å². The Bertz CT molecular complexity index is 1060. The fraction of sp³-hybridized carbons (Fsp3) is 0.435. The molecule has 1 saturated heterocycles. The minimum Gasteiger partial charge on any atom is -0.479 e. The number of aryl methyl sites for hydroxylation is 3. The molecule has 162 valence electrons. The second-order valence-corrected chi connectivity index (χ2v) is 7.84. The highest BCUT2D eigenvalue weighted by atomic mass is 16.5. The van der Waals surface area contributed by atoms with E-state index in [9.17, 15) is 4.79 Å². The van der Waals surface area contributed by atoms with Crippen LogP contribution in [0.4, 0.5) is 0 Å². The normalized spacial score (nSPS) is 16.4. The standard InChI is InChI=1S/C23H27N5O3/c1-15-13-24-10-9-18(15)19-14-25-16(2)26-23(19)20-6-4-5-11-28(20)22(29)8-7-17-12-21(30-3)27-31-17/h9-10,12-14,20H,4-8,11H2,1-3H3/t20-/m0/s1. The molecule has 4 heterocycles. The average molecular weight is 422 g/mol. The maximum atomic E-state index is 13.2. The van der Waals surface area contributed by atoms with E-state index in [2.05, 4.69) is 15.1 Å². The molecule has 1 atom stereocenters. The van der Waals surface area contributed by atoms with E-state index in [0.717, 1.165) is 48.2 Å². The number of hydrogen-bond acceptors (Lipinski definition) is 7. The monoisotopic (exact) mass is 421 g/mol. The molecule has 1 aliphatic rings. The Morgan fingerprint density at radius 1 is 1.26 bits per heavy atom. The van der Waals surface area contributed by atoms with Crippen LogP contribution in [0.5, 0.6) is 5.88 Å². The van der Waals surface area contributed by atoms with Crippen LogP contribution >= 0.6 is 0 Å². The third kappa shape index (κ3) is 4.57. The first kappa shape index (κ1) is 21.0. The summed E-state index contributed by atoms with van der Waals surface area (Å²) in [6, 6.07) is 3.63. The number of rotatable bonds is 6. The Labute approximate surface area is 181 Å². The van der Waals surface area contributed by atoms with E-state index in [4.69, 9.17) is 14.2 Å². The first-order valence-corrected chi connectivity index (χ1v) is 10.6. The summed E-state index contributed by atoms with van der Waals surface area (Å²) in [5, 5.41) is 3.81. The lowest BCUT2D eigenvalue weighted by Crippen LogP contribution is -2.39. The molecule has 4 rings (SSSR count). The van der Waals surface area contributed by atoms with E-state index in [-0.39, 0.29) is 11.9 Å². The summed E-state index contributed by atoms with van der Waals surface area (Å²) in [6.45, 7) is 4.64. The summed E-state index contributed by atoms with van der Waals surface area (Å²) in [5.74, 6) is 1.86. The Kier molecular flexibility index (Phi) is 6.25. The van der Waals surface area contributed by atoms with E-state index in [1.807, 2.05) is 37.2 Å². The number of piperidine rings is 1. The number of carbonyl (C=O) groups excluding carboxylic acids is 1. The van der Waals surface area contributed by atoms with Crippen molar-refractivity contribution in [3.63, 3.8) is 0 Å². The van der Waals surface area contributed by atoms with Gasteiger partial charge in [0.25, 0.3) is 5.88 Å². The Hall–Kier alpha value is -3.29. The summed E-state index contributed by atoms with van der Waals surface area (Å²) in [4.78, 5) is 28.6. The summed E-state index contributed by atoms with van der Waals surface area (Å²) < 4.78 is 10.3. The number of ether oxygens (including phenoxy) is 1. The zero-order chi connectivity index (χ0) is 21.8. The van der Waals surface area contributed by atoms with E-state index in [0.29, 0.717) is 30.3 Å². The fourth-order valence-corrected chi connectivity index (χ4v) is 4.12. The molecule has 0 spiro atoms. The van der Waals surface area contributed by atoms with Gasteiger partial charge in [0.05, 0.1) is 18.8 Å². The van der Waals surface area contributed by atoms with Gasteiger partial charge in [-0.25, -0.2) is 9.97 Å². The number of carbonyl (C=O) groups is 1. The minimum atomic E-state index is -0.0743. The SMILES string of the molecule is COc1cc(CCC(=O)N2CCCC[C@H]2c2nc(C)ncc2-c2ccncc2C)on1. The number of nitrogens with zero attached hydrogens (tertiary/aromatic N) is 5. The first-order chi connectivity index (χ1) is 15.1. The lowest BCUT2D eigenvalue weighted by molar-refractivity contribution is -0.135. The molecule has 8 nitrogen and oxygen atoms in total. The predicted octanol–water partition coefficient (Wildman–Crippen LogP) is 3.84. The summed E-state index contributed by atoms with van der Waals surface area (Å²) >= 11 is 0. The lowest BCUT2D eigenvalue weighted by atomic mass is 9.92. The molecule has 3 aromatic heterocycles. The van der Waals surface area contributed by atoms with Crippen molar-refractivity contribution in [3.05, 3.63) is 53.6 Å². The molecular formula is C23H27N5O3. The maximum Gasteiger partial charge on any atom is 0.254 e. The number of pyridine rings is 1. The van der Waals surface area contributed by atoms with E-state index >= 15 is 0 Å². The van der Waals surface area contributed by atoms with Crippen molar-refractivity contribution in [2.24, 2.45) is 0 Å². The first-order valence-electron chi connectivity index (χ1n) is 10.6. The number of hydrogen-bond donors (Lipinski definition) is 0. The van der Waals surface area contributed by atoms with Crippen molar-refractivity contribution in [1.82, 2.24) is 25.0 Å². The van der Waals surface area contributed by atoms with Gasteiger partial charge in [0.2, 0.25) is 5.91 Å². The van der Waals surface area contributed by atoms with Gasteiger partial charge in [-0.3, -0.25) is 9.78 Å². The smallest absolute Gasteiger partial charge is 0.254 e. The van der Waals surface area contributed by atoms with Crippen LogP contribution < -0.4 is 4.74 Å². The predicted molar refractivity (Wildman–Crippen MR) is 114 cm³/mol. The quantitative estimate of drug-likeness (QED) is 0.597. The molecule has 0 radical (unpaired) electrons. The van der Waals surface area contributed by atoms with Gasteiger partial charge in [0, 0.05) is 49.6 Å². The van der Waals surface area contributed by atoms with Crippen LogP contribution in [0.2, 0.25) is 0 Å². The van der Waals surface area contributed by atoms with Crippen molar-refractivity contribution in [3.8, 4) is 17.0 Å². The Morgan fingerprint density at radius 3 is 2.90 bits per heavy atom. The number of amides is 1. The third-order valence-electron chi connectivity index (χ3n) is 5.72. The van der Waals surface area contributed by atoms with Gasteiger partial charge in [-0.15, -0.1) is 0 Å². The molecule has 31 heavy (non-hydrogen) atoms. The van der Waals surface area contributed by atoms with E-state index in [1.165, 1.54) is 7.11 Å². The lowest BCUT2D eigenvalue weighted by Gasteiger charge is -2.36. The molecular weight excluding hydrogens is 394 g/mol. The van der Waals surface area contributed by atoms with E-state index in [1.54, 1.807) is 12.3 Å². The highest BCUT2D eigenvalue weighted by molar-refractivity contribution is 5.78. The molecule has 3 aromatic rings. The number of methoxy groups -OCH3 is 1. The van der Waals surface area contributed by atoms with Gasteiger partial charge in [0.1, 0.15) is 11.6 Å². The van der Waals surface area contributed by atoms with Gasteiger partial charge in [-0.05, 0) is 55.5 Å².